The second-order valence-electron chi connectivity index (χ2n) is 8.45. The Morgan fingerprint density at radius 1 is 1.00 bits per heavy atom. The Hall–Kier alpha value is -0.160. The van der Waals surface area contributed by atoms with Crippen molar-refractivity contribution < 1.29 is 9.47 Å². The van der Waals surface area contributed by atoms with Crippen molar-refractivity contribution in [2.75, 3.05) is 72.2 Å². The molecular weight excluding hydrogens is 469 g/mol. The van der Waals surface area contributed by atoms with Gasteiger partial charge < -0.3 is 20.1 Å². The average molecular weight is 511 g/mol. The third-order valence-corrected chi connectivity index (χ3v) is 5.60. The monoisotopic (exact) mass is 511 g/mol. The molecule has 2 saturated heterocycles. The van der Waals surface area contributed by atoms with E-state index in [4.69, 9.17) is 14.5 Å². The van der Waals surface area contributed by atoms with Crippen LogP contribution < -0.4 is 10.6 Å². The molecule has 28 heavy (non-hydrogen) atoms. The molecular formula is C20H42IN5O2. The molecule has 1 atom stereocenters. The van der Waals surface area contributed by atoms with Gasteiger partial charge in [0, 0.05) is 50.8 Å². The molecule has 0 saturated carbocycles. The summed E-state index contributed by atoms with van der Waals surface area (Å²) in [4.78, 5) is 9.93. The minimum absolute atomic E-state index is 0. The molecule has 0 aromatic carbocycles. The molecule has 1 unspecified atom stereocenters. The van der Waals surface area contributed by atoms with Crippen molar-refractivity contribution >= 4 is 29.9 Å². The van der Waals surface area contributed by atoms with Gasteiger partial charge in [0.15, 0.2) is 5.96 Å². The van der Waals surface area contributed by atoms with Crippen molar-refractivity contribution in [3.63, 3.8) is 0 Å². The van der Waals surface area contributed by atoms with E-state index in [1.165, 1.54) is 0 Å². The number of rotatable bonds is 8. The van der Waals surface area contributed by atoms with E-state index in [2.05, 4.69) is 55.1 Å². The summed E-state index contributed by atoms with van der Waals surface area (Å²) in [7, 11) is 0. The number of nitrogens with zero attached hydrogens (tertiary/aromatic N) is 3. The Balaban J connectivity index is 0.00000392. The van der Waals surface area contributed by atoms with Gasteiger partial charge in [-0.2, -0.15) is 0 Å². The Morgan fingerprint density at radius 3 is 2.11 bits per heavy atom. The topological polar surface area (TPSA) is 61.4 Å². The standard InChI is InChI=1S/C20H41N5O2.HI/c1-6-21-19(23-16-20(4,5)25-9-13-27-14-10-25)22-15-18(17(2)3)24-7-11-26-12-8-24;/h17-18H,6-16H2,1-5H3,(H2,21,22,23);1H. The van der Waals surface area contributed by atoms with E-state index in [0.717, 1.165) is 78.2 Å². The Morgan fingerprint density at radius 2 is 1.57 bits per heavy atom. The largest absolute Gasteiger partial charge is 0.379 e. The van der Waals surface area contributed by atoms with Gasteiger partial charge in [0.25, 0.3) is 0 Å². The fourth-order valence-electron chi connectivity index (χ4n) is 3.78. The van der Waals surface area contributed by atoms with Crippen molar-refractivity contribution in [1.29, 1.82) is 0 Å². The Kier molecular flexibility index (Phi) is 12.2. The van der Waals surface area contributed by atoms with Gasteiger partial charge in [-0.15, -0.1) is 24.0 Å². The van der Waals surface area contributed by atoms with E-state index in [9.17, 15) is 0 Å². The Labute approximate surface area is 189 Å². The van der Waals surface area contributed by atoms with Gasteiger partial charge in [-0.25, -0.2) is 0 Å². The first-order valence-corrected chi connectivity index (χ1v) is 10.6. The second kappa shape index (κ2) is 13.2. The van der Waals surface area contributed by atoms with E-state index in [1.807, 2.05) is 0 Å². The molecule has 0 spiro atoms. The molecule has 2 aliphatic rings. The second-order valence-corrected chi connectivity index (χ2v) is 8.45. The van der Waals surface area contributed by atoms with Gasteiger partial charge in [-0.1, -0.05) is 13.8 Å². The lowest BCUT2D eigenvalue weighted by Crippen LogP contribution is -2.54. The molecule has 0 radical (unpaired) electrons. The first-order valence-electron chi connectivity index (χ1n) is 10.6. The van der Waals surface area contributed by atoms with Gasteiger partial charge >= 0.3 is 0 Å². The van der Waals surface area contributed by atoms with E-state index < -0.39 is 0 Å². The number of nitrogens with one attached hydrogen (secondary N) is 2. The number of hydrogen-bond donors (Lipinski definition) is 2. The number of halogens is 1. The highest BCUT2D eigenvalue weighted by Crippen LogP contribution is 2.16. The normalized spacial score (nSPS) is 21.3. The SMILES string of the molecule is CCNC(=NCC(C)(C)N1CCOCC1)NCC(C(C)C)N1CCOCC1.I. The maximum atomic E-state index is 5.52. The van der Waals surface area contributed by atoms with Crippen LogP contribution in [0.25, 0.3) is 0 Å². The number of guanidine groups is 1. The van der Waals surface area contributed by atoms with Crippen LogP contribution in [0.3, 0.4) is 0 Å². The molecule has 0 amide bonds. The van der Waals surface area contributed by atoms with Crippen LogP contribution >= 0.6 is 24.0 Å². The van der Waals surface area contributed by atoms with E-state index in [0.29, 0.717) is 12.0 Å². The fraction of sp³-hybridized carbons (Fsp3) is 0.950. The van der Waals surface area contributed by atoms with Crippen molar-refractivity contribution in [3.8, 4) is 0 Å². The molecule has 0 aromatic rings. The molecule has 2 N–H and O–H groups in total. The molecule has 2 rings (SSSR count). The zero-order valence-corrected chi connectivity index (χ0v) is 20.8. The predicted octanol–water partition coefficient (Wildman–Crippen LogP) is 1.63. The molecule has 0 aliphatic carbocycles. The number of morpholine rings is 2. The average Bonchev–Trinajstić information content (AvgIpc) is 2.67. The number of hydrogen-bond acceptors (Lipinski definition) is 5. The summed E-state index contributed by atoms with van der Waals surface area (Å²) in [5.41, 5.74) is 0.0355. The summed E-state index contributed by atoms with van der Waals surface area (Å²) in [6.45, 7) is 21.1. The first kappa shape index (κ1) is 25.9. The van der Waals surface area contributed by atoms with Crippen LogP contribution in [0.4, 0.5) is 0 Å². The molecule has 7 nitrogen and oxygen atoms in total. The molecule has 166 valence electrons. The van der Waals surface area contributed by atoms with Gasteiger partial charge in [0.05, 0.1) is 33.0 Å². The zero-order chi connectivity index (χ0) is 19.7. The minimum atomic E-state index is 0. The zero-order valence-electron chi connectivity index (χ0n) is 18.5. The molecule has 0 bridgehead atoms. The van der Waals surface area contributed by atoms with Crippen LogP contribution in [0.1, 0.15) is 34.6 Å². The van der Waals surface area contributed by atoms with Crippen LogP contribution in [-0.2, 0) is 9.47 Å². The van der Waals surface area contributed by atoms with Gasteiger partial charge in [-0.05, 0) is 26.7 Å². The molecule has 2 heterocycles. The van der Waals surface area contributed by atoms with Crippen LogP contribution in [0, 0.1) is 5.92 Å². The van der Waals surface area contributed by atoms with Crippen LogP contribution in [-0.4, -0.2) is 99.6 Å². The van der Waals surface area contributed by atoms with Crippen molar-refractivity contribution in [1.82, 2.24) is 20.4 Å². The summed E-state index contributed by atoms with van der Waals surface area (Å²) in [6, 6.07) is 0.491. The number of ether oxygens (including phenoxy) is 2. The lowest BCUT2D eigenvalue weighted by atomic mass is 10.0. The van der Waals surface area contributed by atoms with Crippen LogP contribution in [0.15, 0.2) is 4.99 Å². The summed E-state index contributed by atoms with van der Waals surface area (Å²) in [6.07, 6.45) is 0. The first-order chi connectivity index (χ1) is 12.9. The quantitative estimate of drug-likeness (QED) is 0.294. The summed E-state index contributed by atoms with van der Waals surface area (Å²) in [5.74, 6) is 1.50. The minimum Gasteiger partial charge on any atom is -0.379 e. The van der Waals surface area contributed by atoms with E-state index in [-0.39, 0.29) is 29.5 Å². The maximum absolute atomic E-state index is 5.52. The van der Waals surface area contributed by atoms with E-state index in [1.54, 1.807) is 0 Å². The summed E-state index contributed by atoms with van der Waals surface area (Å²) in [5, 5.41) is 7.00. The summed E-state index contributed by atoms with van der Waals surface area (Å²) < 4.78 is 11.0. The molecule has 2 aliphatic heterocycles. The predicted molar refractivity (Wildman–Crippen MR) is 127 cm³/mol. The smallest absolute Gasteiger partial charge is 0.191 e. The third kappa shape index (κ3) is 8.30. The van der Waals surface area contributed by atoms with E-state index >= 15 is 0 Å². The van der Waals surface area contributed by atoms with Gasteiger partial charge in [-0.3, -0.25) is 14.8 Å². The van der Waals surface area contributed by atoms with Crippen molar-refractivity contribution in [2.24, 2.45) is 10.9 Å². The number of aliphatic imine (C=N–C) groups is 1. The molecule has 8 heteroatoms. The molecule has 0 aromatic heterocycles. The lowest BCUT2D eigenvalue weighted by Gasteiger charge is -2.40. The fourth-order valence-corrected chi connectivity index (χ4v) is 3.78. The van der Waals surface area contributed by atoms with Crippen LogP contribution in [0.2, 0.25) is 0 Å². The van der Waals surface area contributed by atoms with Gasteiger partial charge in [0.2, 0.25) is 0 Å². The van der Waals surface area contributed by atoms with Crippen molar-refractivity contribution in [3.05, 3.63) is 0 Å². The lowest BCUT2D eigenvalue weighted by molar-refractivity contribution is -0.00686. The Bertz CT molecular complexity index is 450. The third-order valence-electron chi connectivity index (χ3n) is 5.60. The molecule has 2 fully saturated rings. The summed E-state index contributed by atoms with van der Waals surface area (Å²) >= 11 is 0. The van der Waals surface area contributed by atoms with Crippen LogP contribution in [0.5, 0.6) is 0 Å². The maximum Gasteiger partial charge on any atom is 0.191 e. The highest BCUT2D eigenvalue weighted by Gasteiger charge is 2.28. The van der Waals surface area contributed by atoms with Gasteiger partial charge in [0.1, 0.15) is 0 Å². The highest BCUT2D eigenvalue weighted by molar-refractivity contribution is 14.0. The van der Waals surface area contributed by atoms with Crippen molar-refractivity contribution in [2.45, 2.75) is 46.2 Å². The highest BCUT2D eigenvalue weighted by atomic mass is 127.